The van der Waals surface area contributed by atoms with Gasteiger partial charge in [0.25, 0.3) is 5.82 Å². The molecule has 2 fully saturated rings. The number of aryl methyl sites for hydroxylation is 1. The van der Waals surface area contributed by atoms with E-state index in [1.54, 1.807) is 0 Å². The molecule has 2 nitrogen and oxygen atoms in total. The zero-order valence-electron chi connectivity index (χ0n) is 20.3. The molecule has 6 rings (SSSR count). The van der Waals surface area contributed by atoms with Gasteiger partial charge in [0.1, 0.15) is 5.69 Å². The summed E-state index contributed by atoms with van der Waals surface area (Å²) in [5.41, 5.74) is 7.15. The van der Waals surface area contributed by atoms with Crippen molar-refractivity contribution in [2.45, 2.75) is 83.0 Å². The van der Waals surface area contributed by atoms with Crippen LogP contribution in [0.4, 0.5) is 0 Å². The molecule has 170 valence electrons. The molecule has 33 heavy (non-hydrogen) atoms. The SMILES string of the molecule is Cc1ccccc1-n1c(C)c2[n+](c1C1CCCCC1)C=CC2(c1ccccc1)C1CCCC1. The Labute approximate surface area is 199 Å². The van der Waals surface area contributed by atoms with Crippen molar-refractivity contribution in [2.24, 2.45) is 5.92 Å². The van der Waals surface area contributed by atoms with E-state index in [4.69, 9.17) is 0 Å². The van der Waals surface area contributed by atoms with Gasteiger partial charge in [-0.25, -0.2) is 4.57 Å². The van der Waals surface area contributed by atoms with Crippen molar-refractivity contribution in [1.82, 2.24) is 4.57 Å². The summed E-state index contributed by atoms with van der Waals surface area (Å²) >= 11 is 0. The fourth-order valence-electron chi connectivity index (χ4n) is 7.35. The van der Waals surface area contributed by atoms with Crippen molar-refractivity contribution >= 4 is 6.20 Å². The van der Waals surface area contributed by atoms with E-state index >= 15 is 0 Å². The number of hydrogen-bond donors (Lipinski definition) is 0. The summed E-state index contributed by atoms with van der Waals surface area (Å²) in [5, 5.41) is 0. The molecule has 1 aromatic heterocycles. The maximum Gasteiger partial charge on any atom is 0.269 e. The van der Waals surface area contributed by atoms with E-state index in [1.807, 2.05) is 0 Å². The van der Waals surface area contributed by atoms with Crippen molar-refractivity contribution in [3.63, 3.8) is 0 Å². The van der Waals surface area contributed by atoms with E-state index in [0.29, 0.717) is 11.8 Å². The molecule has 1 atom stereocenters. The number of para-hydroxylation sites is 1. The summed E-state index contributed by atoms with van der Waals surface area (Å²) in [4.78, 5) is 0. The second kappa shape index (κ2) is 8.31. The predicted octanol–water partition coefficient (Wildman–Crippen LogP) is 7.39. The first kappa shape index (κ1) is 21.0. The maximum atomic E-state index is 2.65. The highest BCUT2D eigenvalue weighted by atomic mass is 15.2. The van der Waals surface area contributed by atoms with Gasteiger partial charge in [-0.15, -0.1) is 0 Å². The number of nitrogens with zero attached hydrogens (tertiary/aromatic N) is 2. The van der Waals surface area contributed by atoms with Gasteiger partial charge < -0.3 is 0 Å². The Bertz CT molecular complexity index is 1170. The highest BCUT2D eigenvalue weighted by Crippen LogP contribution is 2.51. The third-order valence-corrected chi connectivity index (χ3v) is 8.85. The molecule has 3 aliphatic rings. The first-order valence-electron chi connectivity index (χ1n) is 13.2. The van der Waals surface area contributed by atoms with Crippen LogP contribution in [0.15, 0.2) is 60.7 Å². The van der Waals surface area contributed by atoms with Gasteiger partial charge in [-0.1, -0.05) is 80.6 Å². The lowest BCUT2D eigenvalue weighted by molar-refractivity contribution is -0.585. The standard InChI is InChI=1S/C31H37N2/c1-23-13-9-12-20-28(23)33-24(2)29-31(27-18-10-11-19-27,26-16-7-4-8-17-26)21-22-32(29)30(33)25-14-5-3-6-15-25/h4,7-9,12-13,16-17,20-22,25,27H,3,5-6,10-11,14-15,18-19H2,1-2H3/q+1. The van der Waals surface area contributed by atoms with E-state index in [1.165, 1.54) is 91.8 Å². The number of rotatable bonds is 4. The van der Waals surface area contributed by atoms with Gasteiger partial charge in [0, 0.05) is 6.92 Å². The number of imidazole rings is 1. The second-order valence-electron chi connectivity index (χ2n) is 10.7. The molecule has 2 heteroatoms. The topological polar surface area (TPSA) is 8.81 Å². The van der Waals surface area contributed by atoms with Crippen molar-refractivity contribution in [1.29, 1.82) is 0 Å². The number of aromatic nitrogens is 2. The number of allylic oxidation sites excluding steroid dienone is 1. The molecule has 2 heterocycles. The van der Waals surface area contributed by atoms with E-state index in [2.05, 4.69) is 89.9 Å². The number of hydrogen-bond acceptors (Lipinski definition) is 0. The van der Waals surface area contributed by atoms with Gasteiger partial charge >= 0.3 is 0 Å². The molecule has 2 saturated carbocycles. The summed E-state index contributed by atoms with van der Waals surface area (Å²) in [6.07, 6.45) is 17.1. The Morgan fingerprint density at radius 2 is 1.45 bits per heavy atom. The van der Waals surface area contributed by atoms with Crippen LogP contribution in [0.5, 0.6) is 0 Å². The lowest BCUT2D eigenvalue weighted by Gasteiger charge is -2.33. The molecule has 2 aromatic carbocycles. The smallest absolute Gasteiger partial charge is 0.202 e. The third-order valence-electron chi connectivity index (χ3n) is 8.85. The Kier molecular flexibility index (Phi) is 5.28. The molecular weight excluding hydrogens is 400 g/mol. The lowest BCUT2D eigenvalue weighted by atomic mass is 9.67. The largest absolute Gasteiger partial charge is 0.269 e. The predicted molar refractivity (Wildman–Crippen MR) is 136 cm³/mol. The van der Waals surface area contributed by atoms with Crippen LogP contribution in [0.25, 0.3) is 11.9 Å². The van der Waals surface area contributed by atoms with Crippen LogP contribution in [-0.4, -0.2) is 4.57 Å². The summed E-state index contributed by atoms with van der Waals surface area (Å²) in [5.74, 6) is 2.82. The minimum Gasteiger partial charge on any atom is -0.202 e. The Hall–Kier alpha value is -2.61. The first-order chi connectivity index (χ1) is 16.2. The first-order valence-corrected chi connectivity index (χ1v) is 13.2. The van der Waals surface area contributed by atoms with Gasteiger partial charge in [-0.05, 0) is 61.8 Å². The van der Waals surface area contributed by atoms with Crippen LogP contribution < -0.4 is 4.57 Å². The van der Waals surface area contributed by atoms with Crippen LogP contribution in [-0.2, 0) is 5.41 Å². The summed E-state index contributed by atoms with van der Waals surface area (Å²) in [7, 11) is 0. The quantitative estimate of drug-likeness (QED) is 0.376. The minimum atomic E-state index is -0.0147. The van der Waals surface area contributed by atoms with Gasteiger partial charge in [0.05, 0.1) is 17.5 Å². The molecule has 0 N–H and O–H groups in total. The molecule has 3 aromatic rings. The van der Waals surface area contributed by atoms with E-state index in [0.717, 1.165) is 0 Å². The molecule has 0 spiro atoms. The highest BCUT2D eigenvalue weighted by molar-refractivity contribution is 5.53. The van der Waals surface area contributed by atoms with E-state index in [-0.39, 0.29) is 5.41 Å². The minimum absolute atomic E-state index is 0.0147. The van der Waals surface area contributed by atoms with Crippen LogP contribution in [0.1, 0.15) is 92.0 Å². The van der Waals surface area contributed by atoms with Crippen molar-refractivity contribution in [2.75, 3.05) is 0 Å². The Morgan fingerprint density at radius 1 is 0.788 bits per heavy atom. The monoisotopic (exact) mass is 437 g/mol. The van der Waals surface area contributed by atoms with Crippen molar-refractivity contribution in [3.05, 3.63) is 89.0 Å². The van der Waals surface area contributed by atoms with Crippen molar-refractivity contribution < 1.29 is 4.57 Å². The zero-order chi connectivity index (χ0) is 22.4. The van der Waals surface area contributed by atoms with Crippen LogP contribution >= 0.6 is 0 Å². The Balaban J connectivity index is 1.64. The average Bonchev–Trinajstić information content (AvgIpc) is 3.58. The lowest BCUT2D eigenvalue weighted by Crippen LogP contribution is -2.41. The van der Waals surface area contributed by atoms with Crippen LogP contribution in [0, 0.1) is 19.8 Å². The summed E-state index contributed by atoms with van der Waals surface area (Å²) < 4.78 is 5.29. The molecule has 1 aliphatic heterocycles. The second-order valence-corrected chi connectivity index (χ2v) is 10.7. The maximum absolute atomic E-state index is 2.65. The number of benzene rings is 2. The van der Waals surface area contributed by atoms with Crippen LogP contribution in [0.3, 0.4) is 0 Å². The fourth-order valence-corrected chi connectivity index (χ4v) is 7.35. The summed E-state index contributed by atoms with van der Waals surface area (Å²) in [6.45, 7) is 4.66. The Morgan fingerprint density at radius 3 is 2.18 bits per heavy atom. The molecule has 0 saturated heterocycles. The normalized spacial score (nSPS) is 23.3. The number of fused-ring (bicyclic) bond motifs is 1. The molecular formula is C31H37N2+. The van der Waals surface area contributed by atoms with Gasteiger partial charge in [0.2, 0.25) is 0 Å². The molecule has 1 unspecified atom stereocenters. The molecule has 0 bridgehead atoms. The van der Waals surface area contributed by atoms with E-state index < -0.39 is 0 Å². The van der Waals surface area contributed by atoms with Crippen molar-refractivity contribution in [3.8, 4) is 5.69 Å². The zero-order valence-corrected chi connectivity index (χ0v) is 20.3. The van der Waals surface area contributed by atoms with Crippen LogP contribution in [0.2, 0.25) is 0 Å². The van der Waals surface area contributed by atoms with Gasteiger partial charge in [-0.3, -0.25) is 0 Å². The fraction of sp³-hybridized carbons (Fsp3) is 0.452. The average molecular weight is 438 g/mol. The highest BCUT2D eigenvalue weighted by Gasteiger charge is 2.53. The van der Waals surface area contributed by atoms with Gasteiger partial charge in [-0.2, -0.15) is 4.57 Å². The van der Waals surface area contributed by atoms with Gasteiger partial charge in [0.15, 0.2) is 11.4 Å². The van der Waals surface area contributed by atoms with E-state index in [9.17, 15) is 0 Å². The molecule has 2 aliphatic carbocycles. The third kappa shape index (κ3) is 3.17. The molecule has 0 radical (unpaired) electrons. The summed E-state index contributed by atoms with van der Waals surface area (Å²) in [6, 6.07) is 20.4. The molecule has 0 amide bonds.